The second kappa shape index (κ2) is 23.3. The lowest BCUT2D eigenvalue weighted by molar-refractivity contribution is 0.200. The van der Waals surface area contributed by atoms with Crippen LogP contribution in [0.1, 0.15) is 122 Å². The summed E-state index contributed by atoms with van der Waals surface area (Å²) < 4.78 is 11.0. The predicted molar refractivity (Wildman–Crippen MR) is 145 cm³/mol. The monoisotopic (exact) mass is 495 g/mol. The van der Waals surface area contributed by atoms with Gasteiger partial charge in [-0.25, -0.2) is 4.79 Å². The molecule has 34 heavy (non-hydrogen) atoms. The van der Waals surface area contributed by atoms with E-state index in [0.29, 0.717) is 30.5 Å². The molecule has 0 saturated carbocycles. The van der Waals surface area contributed by atoms with Crippen molar-refractivity contribution in [2.75, 3.05) is 19.0 Å². The van der Waals surface area contributed by atoms with Gasteiger partial charge in [-0.15, -0.1) is 11.6 Å². The molecule has 0 aliphatic heterocycles. The Bertz CT molecular complexity index is 596. The number of hydrogen-bond donors (Lipinski definition) is 1. The number of rotatable bonds is 23. The van der Waals surface area contributed by atoms with Gasteiger partial charge in [0.25, 0.3) is 0 Å². The van der Waals surface area contributed by atoms with Crippen LogP contribution in [0.5, 0.6) is 11.5 Å². The van der Waals surface area contributed by atoms with Crippen molar-refractivity contribution in [1.82, 2.24) is 5.32 Å². The molecule has 0 bridgehead atoms. The maximum Gasteiger partial charge on any atom is 0.412 e. The van der Waals surface area contributed by atoms with Gasteiger partial charge in [-0.05, 0) is 31.4 Å². The van der Waals surface area contributed by atoms with Gasteiger partial charge in [-0.1, -0.05) is 109 Å². The summed E-state index contributed by atoms with van der Waals surface area (Å²) in [6.45, 7) is 3.55. The van der Waals surface area contributed by atoms with E-state index in [0.717, 1.165) is 25.7 Å². The first kappa shape index (κ1) is 30.6. The number of unbranched alkanes of at least 4 members (excludes halogenated alkanes) is 16. The summed E-state index contributed by atoms with van der Waals surface area (Å²) in [5.41, 5.74) is 0. The summed E-state index contributed by atoms with van der Waals surface area (Å²) in [5.74, 6) is 1.85. The summed E-state index contributed by atoms with van der Waals surface area (Å²) >= 11 is 5.67. The summed E-state index contributed by atoms with van der Waals surface area (Å²) in [6, 6.07) is 7.20. The Labute approximate surface area is 214 Å². The van der Waals surface area contributed by atoms with Crippen LogP contribution in [0.25, 0.3) is 0 Å². The van der Waals surface area contributed by atoms with Crippen molar-refractivity contribution in [2.24, 2.45) is 0 Å². The second-order valence-electron chi connectivity index (χ2n) is 9.34. The zero-order chi connectivity index (χ0) is 24.5. The number of hydrogen-bond acceptors (Lipinski definition) is 3. The van der Waals surface area contributed by atoms with Gasteiger partial charge >= 0.3 is 6.09 Å². The van der Waals surface area contributed by atoms with Crippen molar-refractivity contribution < 1.29 is 14.3 Å². The first-order valence-electron chi connectivity index (χ1n) is 14.0. The Morgan fingerprint density at radius 1 is 0.735 bits per heavy atom. The maximum atomic E-state index is 12.0. The average Bonchev–Trinajstić information content (AvgIpc) is 2.84. The fourth-order valence-electron chi connectivity index (χ4n) is 4.02. The lowest BCUT2D eigenvalue weighted by Crippen LogP contribution is -2.27. The molecule has 0 atom stereocenters. The lowest BCUT2D eigenvalue weighted by Gasteiger charge is -2.09. The summed E-state index contributed by atoms with van der Waals surface area (Å²) in [6.07, 6.45) is 23.0. The first-order chi connectivity index (χ1) is 16.8. The van der Waals surface area contributed by atoms with Gasteiger partial charge in [0.15, 0.2) is 0 Å². The van der Waals surface area contributed by atoms with Gasteiger partial charge in [-0.3, -0.25) is 0 Å². The van der Waals surface area contributed by atoms with E-state index in [-0.39, 0.29) is 0 Å². The lowest BCUT2D eigenvalue weighted by atomic mass is 10.0. The van der Waals surface area contributed by atoms with Crippen molar-refractivity contribution in [1.29, 1.82) is 0 Å². The van der Waals surface area contributed by atoms with Gasteiger partial charge in [-0.2, -0.15) is 0 Å². The minimum atomic E-state index is -0.403. The fourth-order valence-corrected chi connectivity index (χ4v) is 4.21. The largest absolute Gasteiger partial charge is 0.493 e. The van der Waals surface area contributed by atoms with Crippen molar-refractivity contribution in [3.05, 3.63) is 24.3 Å². The van der Waals surface area contributed by atoms with Crippen molar-refractivity contribution in [2.45, 2.75) is 122 Å². The van der Waals surface area contributed by atoms with E-state index >= 15 is 0 Å². The second-order valence-corrected chi connectivity index (χ2v) is 9.72. The molecule has 0 spiro atoms. The van der Waals surface area contributed by atoms with Gasteiger partial charge in [0.1, 0.15) is 11.5 Å². The zero-order valence-corrected chi connectivity index (χ0v) is 22.5. The molecular formula is C29H50ClNO3. The van der Waals surface area contributed by atoms with E-state index in [1.54, 1.807) is 12.1 Å². The summed E-state index contributed by atoms with van der Waals surface area (Å²) in [7, 11) is 0. The normalized spacial score (nSPS) is 10.9. The Hall–Kier alpha value is -1.42. The number of nitrogens with one attached hydrogen (secondary N) is 1. The topological polar surface area (TPSA) is 47.6 Å². The van der Waals surface area contributed by atoms with Gasteiger partial charge in [0.05, 0.1) is 6.61 Å². The van der Waals surface area contributed by atoms with E-state index in [2.05, 4.69) is 12.2 Å². The standard InChI is InChI=1S/C29H50ClNO3/c1-2-3-4-5-6-7-8-9-10-11-12-13-14-15-16-18-24-31-29(32)34-28-22-20-21-27(26-28)33-25-19-17-23-30/h20-22,26H,2-19,23-25H2,1H3,(H,31,32). The fraction of sp³-hybridized carbons (Fsp3) is 0.759. The number of halogens is 1. The third-order valence-corrected chi connectivity index (χ3v) is 6.38. The summed E-state index contributed by atoms with van der Waals surface area (Å²) in [5, 5.41) is 2.84. The third kappa shape index (κ3) is 18.9. The number of carbonyl (C=O) groups excluding carboxylic acids is 1. The van der Waals surface area contributed by atoms with E-state index in [9.17, 15) is 4.79 Å². The smallest absolute Gasteiger partial charge is 0.412 e. The molecule has 0 saturated heterocycles. The number of ether oxygens (including phenoxy) is 2. The SMILES string of the molecule is CCCCCCCCCCCCCCCCCCNC(=O)Oc1cccc(OCCCCCl)c1. The molecule has 196 valence electrons. The average molecular weight is 496 g/mol. The van der Waals surface area contributed by atoms with Crippen molar-refractivity contribution in [3.8, 4) is 11.5 Å². The maximum absolute atomic E-state index is 12.0. The van der Waals surface area contributed by atoms with Gasteiger partial charge in [0.2, 0.25) is 0 Å². The highest BCUT2D eigenvalue weighted by Gasteiger charge is 2.05. The summed E-state index contributed by atoms with van der Waals surface area (Å²) in [4.78, 5) is 12.0. The number of carbonyl (C=O) groups is 1. The zero-order valence-electron chi connectivity index (χ0n) is 21.8. The third-order valence-electron chi connectivity index (χ3n) is 6.11. The van der Waals surface area contributed by atoms with Crippen molar-refractivity contribution >= 4 is 17.7 Å². The first-order valence-corrected chi connectivity index (χ1v) is 14.5. The highest BCUT2D eigenvalue weighted by molar-refractivity contribution is 6.17. The van der Waals surface area contributed by atoms with Crippen LogP contribution in [0.2, 0.25) is 0 Å². The molecule has 0 unspecified atom stereocenters. The van der Waals surface area contributed by atoms with Gasteiger partial charge in [0, 0.05) is 18.5 Å². The number of alkyl halides is 1. The molecule has 1 aromatic rings. The molecule has 1 N–H and O–H groups in total. The van der Waals surface area contributed by atoms with Crippen LogP contribution in [-0.4, -0.2) is 25.1 Å². The highest BCUT2D eigenvalue weighted by atomic mass is 35.5. The molecule has 1 rings (SSSR count). The minimum Gasteiger partial charge on any atom is -0.493 e. The molecular weight excluding hydrogens is 446 g/mol. The van der Waals surface area contributed by atoms with Crippen LogP contribution in [0.4, 0.5) is 4.79 Å². The van der Waals surface area contributed by atoms with Crippen LogP contribution in [0.15, 0.2) is 24.3 Å². The van der Waals surface area contributed by atoms with E-state index in [1.807, 2.05) is 12.1 Å². The van der Waals surface area contributed by atoms with Gasteiger partial charge < -0.3 is 14.8 Å². The Balaban J connectivity index is 1.89. The molecule has 1 aromatic carbocycles. The van der Waals surface area contributed by atoms with E-state index in [1.165, 1.54) is 89.9 Å². The Morgan fingerprint density at radius 2 is 1.26 bits per heavy atom. The molecule has 0 radical (unpaired) electrons. The quantitative estimate of drug-likeness (QED) is 0.121. The number of amides is 1. The van der Waals surface area contributed by atoms with Crippen LogP contribution in [0.3, 0.4) is 0 Å². The van der Waals surface area contributed by atoms with Crippen LogP contribution >= 0.6 is 11.6 Å². The Morgan fingerprint density at radius 3 is 1.82 bits per heavy atom. The molecule has 0 heterocycles. The molecule has 1 amide bonds. The molecule has 0 fully saturated rings. The van der Waals surface area contributed by atoms with Crippen molar-refractivity contribution in [3.63, 3.8) is 0 Å². The highest BCUT2D eigenvalue weighted by Crippen LogP contribution is 2.20. The predicted octanol–water partition coefficient (Wildman–Crippen LogP) is 9.43. The molecule has 0 aromatic heterocycles. The Kier molecular flexibility index (Phi) is 21.0. The van der Waals surface area contributed by atoms with Crippen LogP contribution in [-0.2, 0) is 0 Å². The minimum absolute atomic E-state index is 0.403. The van der Waals surface area contributed by atoms with Crippen LogP contribution in [0, 0.1) is 0 Å². The molecule has 4 nitrogen and oxygen atoms in total. The molecule has 0 aliphatic rings. The number of benzene rings is 1. The van der Waals surface area contributed by atoms with Crippen LogP contribution < -0.4 is 14.8 Å². The molecule has 5 heteroatoms. The van der Waals surface area contributed by atoms with E-state index in [4.69, 9.17) is 21.1 Å². The van der Waals surface area contributed by atoms with E-state index < -0.39 is 6.09 Å². The molecule has 0 aliphatic carbocycles.